The lowest BCUT2D eigenvalue weighted by molar-refractivity contribution is -0.141. The molecule has 1 atom stereocenters. The summed E-state index contributed by atoms with van der Waals surface area (Å²) in [7, 11) is 1.84. The first kappa shape index (κ1) is 16.2. The Labute approximate surface area is 139 Å². The summed E-state index contributed by atoms with van der Waals surface area (Å²) < 4.78 is 15.6. The molecule has 1 aromatic carbocycles. The van der Waals surface area contributed by atoms with Crippen molar-refractivity contribution in [1.82, 2.24) is 15.1 Å². The van der Waals surface area contributed by atoms with E-state index in [1.165, 1.54) is 6.07 Å². The van der Waals surface area contributed by atoms with Gasteiger partial charge in [0, 0.05) is 36.8 Å². The lowest BCUT2D eigenvalue weighted by Gasteiger charge is -2.20. The first-order valence-electron chi connectivity index (χ1n) is 7.66. The molecule has 24 heavy (non-hydrogen) atoms. The van der Waals surface area contributed by atoms with Gasteiger partial charge in [-0.05, 0) is 19.9 Å². The van der Waals surface area contributed by atoms with Gasteiger partial charge in [0.05, 0.1) is 11.9 Å². The number of nitrogens with one attached hydrogen (secondary N) is 1. The monoisotopic (exact) mass is 330 g/mol. The third-order valence-corrected chi connectivity index (χ3v) is 4.30. The molecule has 1 aliphatic rings. The van der Waals surface area contributed by atoms with E-state index in [4.69, 9.17) is 4.84 Å². The molecule has 0 fully saturated rings. The van der Waals surface area contributed by atoms with Gasteiger partial charge >= 0.3 is 0 Å². The lowest BCUT2D eigenvalue weighted by Crippen LogP contribution is -2.44. The number of halogens is 1. The van der Waals surface area contributed by atoms with Crippen LogP contribution in [0.2, 0.25) is 0 Å². The lowest BCUT2D eigenvalue weighted by atomic mass is 9.95. The van der Waals surface area contributed by atoms with Crippen LogP contribution in [-0.2, 0) is 23.2 Å². The van der Waals surface area contributed by atoms with Crippen molar-refractivity contribution < 1.29 is 14.0 Å². The molecule has 0 saturated heterocycles. The largest absolute Gasteiger partial charge is 0.379 e. The molecule has 2 heterocycles. The van der Waals surface area contributed by atoms with Gasteiger partial charge in [-0.2, -0.15) is 5.10 Å². The van der Waals surface area contributed by atoms with E-state index in [-0.39, 0.29) is 18.1 Å². The molecule has 126 valence electrons. The molecule has 1 aromatic heterocycles. The second-order valence-electron chi connectivity index (χ2n) is 6.08. The summed E-state index contributed by atoms with van der Waals surface area (Å²) in [5, 5.41) is 10.9. The Kier molecular flexibility index (Phi) is 4.09. The highest BCUT2D eigenvalue weighted by Crippen LogP contribution is 2.27. The van der Waals surface area contributed by atoms with Gasteiger partial charge in [0.1, 0.15) is 5.82 Å². The number of carbonyl (C=O) groups excluding carboxylic acids is 1. The minimum Gasteiger partial charge on any atom is -0.379 e. The quantitative estimate of drug-likeness (QED) is 0.933. The number of oxime groups is 1. The summed E-state index contributed by atoms with van der Waals surface area (Å²) in [6, 6.07) is 6.32. The third kappa shape index (κ3) is 2.89. The van der Waals surface area contributed by atoms with Gasteiger partial charge in [-0.15, -0.1) is 0 Å². The Bertz CT molecular complexity index is 815. The number of hydrogen-bond acceptors (Lipinski definition) is 4. The Morgan fingerprint density at radius 2 is 2.21 bits per heavy atom. The van der Waals surface area contributed by atoms with Crippen molar-refractivity contribution in [1.29, 1.82) is 0 Å². The van der Waals surface area contributed by atoms with Crippen LogP contribution in [0.25, 0.3) is 0 Å². The molecule has 2 aromatic rings. The summed E-state index contributed by atoms with van der Waals surface area (Å²) in [6.45, 7) is 3.93. The fraction of sp³-hybridized carbons (Fsp3) is 0.353. The number of hydrogen-bond donors (Lipinski definition) is 1. The zero-order chi connectivity index (χ0) is 17.3. The van der Waals surface area contributed by atoms with Crippen molar-refractivity contribution in [2.45, 2.75) is 32.4 Å². The molecule has 0 saturated carbocycles. The summed E-state index contributed by atoms with van der Waals surface area (Å²) >= 11 is 0. The standard InChI is InChI=1S/C17H19FN4O2/c1-11-12(10-20-22(11)3)9-19-16(23)17(2)8-15(21-24-17)13-6-4-5-7-14(13)18/h4-7,10H,8-9H2,1-3H3,(H,19,23)/t17-/m0/s1. The molecule has 0 spiro atoms. The predicted octanol–water partition coefficient (Wildman–Crippen LogP) is 2.07. The highest BCUT2D eigenvalue weighted by molar-refractivity contribution is 6.05. The molecule has 1 N–H and O–H groups in total. The fourth-order valence-electron chi connectivity index (χ4n) is 2.58. The molecule has 6 nitrogen and oxygen atoms in total. The first-order chi connectivity index (χ1) is 11.4. The topological polar surface area (TPSA) is 68.5 Å². The van der Waals surface area contributed by atoms with Gasteiger partial charge in [0.2, 0.25) is 5.60 Å². The minimum absolute atomic E-state index is 0.214. The van der Waals surface area contributed by atoms with Crippen LogP contribution in [0.4, 0.5) is 4.39 Å². The normalized spacial score (nSPS) is 19.8. The molecule has 1 amide bonds. The zero-order valence-corrected chi connectivity index (χ0v) is 13.8. The SMILES string of the molecule is Cc1c(CNC(=O)[C@]2(C)CC(c3ccccc3F)=NO2)cnn1C. The molecular formula is C17H19FN4O2. The number of nitrogens with zero attached hydrogens (tertiary/aromatic N) is 3. The van der Waals surface area contributed by atoms with Crippen LogP contribution in [-0.4, -0.2) is 27.0 Å². The maximum Gasteiger partial charge on any atom is 0.267 e. The average Bonchev–Trinajstić information content (AvgIpc) is 3.11. The smallest absolute Gasteiger partial charge is 0.267 e. The van der Waals surface area contributed by atoms with Crippen molar-refractivity contribution in [3.05, 3.63) is 53.1 Å². The predicted molar refractivity (Wildman–Crippen MR) is 86.8 cm³/mol. The van der Waals surface area contributed by atoms with Crippen LogP contribution in [0.1, 0.15) is 30.2 Å². The van der Waals surface area contributed by atoms with Crippen LogP contribution in [0.5, 0.6) is 0 Å². The van der Waals surface area contributed by atoms with Crippen molar-refractivity contribution in [3.63, 3.8) is 0 Å². The van der Waals surface area contributed by atoms with E-state index >= 15 is 0 Å². The van der Waals surface area contributed by atoms with Gasteiger partial charge in [0.25, 0.3) is 5.91 Å². The number of aryl methyl sites for hydroxylation is 1. The number of carbonyl (C=O) groups is 1. The first-order valence-corrected chi connectivity index (χ1v) is 7.66. The molecule has 0 radical (unpaired) electrons. The van der Waals surface area contributed by atoms with Gasteiger partial charge in [0.15, 0.2) is 0 Å². The van der Waals surface area contributed by atoms with Crippen LogP contribution < -0.4 is 5.32 Å². The Balaban J connectivity index is 1.66. The molecular weight excluding hydrogens is 311 g/mol. The van der Waals surface area contributed by atoms with Crippen molar-refractivity contribution in [2.75, 3.05) is 0 Å². The minimum atomic E-state index is -1.15. The van der Waals surface area contributed by atoms with Crippen molar-refractivity contribution in [3.8, 4) is 0 Å². The van der Waals surface area contributed by atoms with E-state index in [0.717, 1.165) is 11.3 Å². The van der Waals surface area contributed by atoms with Crippen molar-refractivity contribution in [2.24, 2.45) is 12.2 Å². The summed E-state index contributed by atoms with van der Waals surface area (Å²) in [5.74, 6) is -0.670. The molecule has 0 unspecified atom stereocenters. The number of benzene rings is 1. The second-order valence-corrected chi connectivity index (χ2v) is 6.08. The van der Waals surface area contributed by atoms with Gasteiger partial charge in [-0.3, -0.25) is 9.48 Å². The van der Waals surface area contributed by atoms with E-state index in [1.807, 2.05) is 14.0 Å². The van der Waals surface area contributed by atoms with Crippen molar-refractivity contribution >= 4 is 11.6 Å². The molecule has 7 heteroatoms. The highest BCUT2D eigenvalue weighted by atomic mass is 19.1. The fourth-order valence-corrected chi connectivity index (χ4v) is 2.58. The van der Waals surface area contributed by atoms with Crippen LogP contribution in [0, 0.1) is 12.7 Å². The van der Waals surface area contributed by atoms with Crippen LogP contribution in [0.15, 0.2) is 35.6 Å². The maximum absolute atomic E-state index is 13.9. The summed E-state index contributed by atoms with van der Waals surface area (Å²) in [6.07, 6.45) is 1.93. The highest BCUT2D eigenvalue weighted by Gasteiger charge is 2.42. The number of amides is 1. The van der Waals surface area contributed by atoms with Gasteiger partial charge in [-0.1, -0.05) is 23.4 Å². The van der Waals surface area contributed by atoms with Gasteiger partial charge < -0.3 is 10.2 Å². The van der Waals surface area contributed by atoms with E-state index < -0.39 is 5.60 Å². The molecule has 1 aliphatic heterocycles. The second kappa shape index (κ2) is 6.07. The Morgan fingerprint density at radius 3 is 2.88 bits per heavy atom. The molecule has 0 aliphatic carbocycles. The van der Waals surface area contributed by atoms with E-state index in [0.29, 0.717) is 17.8 Å². The Hall–Kier alpha value is -2.70. The summed E-state index contributed by atoms with van der Waals surface area (Å²) in [4.78, 5) is 17.8. The van der Waals surface area contributed by atoms with Gasteiger partial charge in [-0.25, -0.2) is 4.39 Å². The number of rotatable bonds is 4. The van der Waals surface area contributed by atoms with E-state index in [9.17, 15) is 9.18 Å². The van der Waals surface area contributed by atoms with Crippen LogP contribution >= 0.6 is 0 Å². The summed E-state index contributed by atoms with van der Waals surface area (Å²) in [5.41, 5.74) is 1.56. The number of aromatic nitrogens is 2. The molecule has 0 bridgehead atoms. The van der Waals surface area contributed by atoms with E-state index in [2.05, 4.69) is 15.6 Å². The average molecular weight is 330 g/mol. The molecule has 3 rings (SSSR count). The van der Waals surface area contributed by atoms with E-state index in [1.54, 1.807) is 36.0 Å². The maximum atomic E-state index is 13.9. The Morgan fingerprint density at radius 1 is 1.46 bits per heavy atom. The zero-order valence-electron chi connectivity index (χ0n) is 13.8. The van der Waals surface area contributed by atoms with Crippen LogP contribution in [0.3, 0.4) is 0 Å². The third-order valence-electron chi connectivity index (χ3n) is 4.30.